The van der Waals surface area contributed by atoms with Gasteiger partial charge in [0.25, 0.3) is 0 Å². The molecule has 0 bridgehead atoms. The van der Waals surface area contributed by atoms with Crippen LogP contribution in [0.25, 0.3) is 5.69 Å². The van der Waals surface area contributed by atoms with Crippen LogP contribution in [0, 0.1) is 6.92 Å². The summed E-state index contributed by atoms with van der Waals surface area (Å²) < 4.78 is 1.90. The molecule has 2 aromatic rings. The molecule has 1 aromatic carbocycles. The summed E-state index contributed by atoms with van der Waals surface area (Å²) in [6, 6.07) is 12.0. The Labute approximate surface area is 88.1 Å². The average Bonchev–Trinajstić information content (AvgIpc) is 2.61. The van der Waals surface area contributed by atoms with E-state index in [1.807, 2.05) is 48.0 Å². The molecule has 0 spiro atoms. The first-order valence-electron chi connectivity index (χ1n) is 4.48. The van der Waals surface area contributed by atoms with E-state index in [0.29, 0.717) is 5.88 Å². The smallest absolute Gasteiger partial charge is 0.0779 e. The number of halogens is 1. The summed E-state index contributed by atoms with van der Waals surface area (Å²) in [5, 5.41) is 4.38. The molecule has 1 aromatic heterocycles. The maximum absolute atomic E-state index is 5.72. The molecule has 1 heterocycles. The van der Waals surface area contributed by atoms with Crippen molar-refractivity contribution in [2.75, 3.05) is 0 Å². The molecule has 0 amide bonds. The standard InChI is InChI=1S/C11H11ClN2/c1-9-7-10(8-12)13-14(9)11-5-3-2-4-6-11/h2-7H,8H2,1H3. The van der Waals surface area contributed by atoms with Crippen LogP contribution >= 0.6 is 11.6 Å². The van der Waals surface area contributed by atoms with Gasteiger partial charge in [-0.3, -0.25) is 0 Å². The van der Waals surface area contributed by atoms with E-state index in [0.717, 1.165) is 17.1 Å². The first-order chi connectivity index (χ1) is 6.81. The van der Waals surface area contributed by atoms with Gasteiger partial charge in [0.2, 0.25) is 0 Å². The van der Waals surface area contributed by atoms with E-state index in [2.05, 4.69) is 5.10 Å². The van der Waals surface area contributed by atoms with Crippen molar-refractivity contribution in [2.45, 2.75) is 12.8 Å². The van der Waals surface area contributed by atoms with E-state index in [1.54, 1.807) is 0 Å². The average molecular weight is 207 g/mol. The second-order valence-corrected chi connectivity index (χ2v) is 3.43. The normalized spacial score (nSPS) is 10.4. The predicted octanol–water partition coefficient (Wildman–Crippen LogP) is 2.92. The minimum atomic E-state index is 0.459. The van der Waals surface area contributed by atoms with Gasteiger partial charge in [-0.2, -0.15) is 5.10 Å². The fourth-order valence-corrected chi connectivity index (χ4v) is 1.56. The number of nitrogens with zero attached hydrogens (tertiary/aromatic N) is 2. The second-order valence-electron chi connectivity index (χ2n) is 3.16. The van der Waals surface area contributed by atoms with Gasteiger partial charge in [0.15, 0.2) is 0 Å². The fraction of sp³-hybridized carbons (Fsp3) is 0.182. The molecule has 0 aliphatic heterocycles. The highest BCUT2D eigenvalue weighted by atomic mass is 35.5. The Kier molecular flexibility index (Phi) is 2.55. The van der Waals surface area contributed by atoms with Gasteiger partial charge in [-0.05, 0) is 25.1 Å². The van der Waals surface area contributed by atoms with Crippen molar-refractivity contribution in [1.29, 1.82) is 0 Å². The zero-order valence-electron chi connectivity index (χ0n) is 7.94. The molecule has 2 nitrogen and oxygen atoms in total. The van der Waals surface area contributed by atoms with Crippen LogP contribution in [0.2, 0.25) is 0 Å². The predicted molar refractivity (Wildman–Crippen MR) is 57.9 cm³/mol. The fourth-order valence-electron chi connectivity index (χ4n) is 1.43. The summed E-state index contributed by atoms with van der Waals surface area (Å²) in [5.41, 5.74) is 3.08. The molecule has 0 aliphatic rings. The third-order valence-corrected chi connectivity index (χ3v) is 2.35. The van der Waals surface area contributed by atoms with Crippen molar-refractivity contribution in [3.8, 4) is 5.69 Å². The molecular weight excluding hydrogens is 196 g/mol. The number of rotatable bonds is 2. The Hall–Kier alpha value is -1.28. The highest BCUT2D eigenvalue weighted by Crippen LogP contribution is 2.12. The van der Waals surface area contributed by atoms with Crippen LogP contribution in [0.4, 0.5) is 0 Å². The molecule has 72 valence electrons. The van der Waals surface area contributed by atoms with Crippen molar-refractivity contribution in [2.24, 2.45) is 0 Å². The Morgan fingerprint density at radius 3 is 2.57 bits per heavy atom. The zero-order valence-corrected chi connectivity index (χ0v) is 8.70. The lowest BCUT2D eigenvalue weighted by Crippen LogP contribution is -1.98. The van der Waals surface area contributed by atoms with E-state index in [-0.39, 0.29) is 0 Å². The van der Waals surface area contributed by atoms with E-state index in [1.165, 1.54) is 0 Å². The monoisotopic (exact) mass is 206 g/mol. The molecule has 0 unspecified atom stereocenters. The van der Waals surface area contributed by atoms with Gasteiger partial charge in [-0.25, -0.2) is 4.68 Å². The van der Waals surface area contributed by atoms with Crippen molar-refractivity contribution >= 4 is 11.6 Å². The lowest BCUT2D eigenvalue weighted by Gasteiger charge is -2.02. The zero-order chi connectivity index (χ0) is 9.97. The number of aromatic nitrogens is 2. The molecule has 0 radical (unpaired) electrons. The molecule has 0 fully saturated rings. The van der Waals surface area contributed by atoms with Crippen LogP contribution in [0.3, 0.4) is 0 Å². The molecule has 14 heavy (non-hydrogen) atoms. The first kappa shape index (κ1) is 9.28. The van der Waals surface area contributed by atoms with Gasteiger partial charge in [0.1, 0.15) is 0 Å². The molecule has 0 atom stereocenters. The largest absolute Gasteiger partial charge is 0.238 e. The van der Waals surface area contributed by atoms with Crippen molar-refractivity contribution in [3.63, 3.8) is 0 Å². The third kappa shape index (κ3) is 1.66. The number of para-hydroxylation sites is 1. The molecule has 3 heteroatoms. The van der Waals surface area contributed by atoms with Gasteiger partial charge in [-0.1, -0.05) is 18.2 Å². The van der Waals surface area contributed by atoms with Crippen LogP contribution in [0.1, 0.15) is 11.4 Å². The van der Waals surface area contributed by atoms with Gasteiger partial charge >= 0.3 is 0 Å². The number of alkyl halides is 1. The Morgan fingerprint density at radius 2 is 2.00 bits per heavy atom. The first-order valence-corrected chi connectivity index (χ1v) is 5.01. The minimum Gasteiger partial charge on any atom is -0.238 e. The van der Waals surface area contributed by atoms with Crippen LogP contribution in [-0.2, 0) is 5.88 Å². The van der Waals surface area contributed by atoms with E-state index >= 15 is 0 Å². The van der Waals surface area contributed by atoms with Crippen molar-refractivity contribution in [1.82, 2.24) is 9.78 Å². The second kappa shape index (κ2) is 3.84. The van der Waals surface area contributed by atoms with Crippen molar-refractivity contribution in [3.05, 3.63) is 47.8 Å². The Balaban J connectivity index is 2.46. The number of hydrogen-bond acceptors (Lipinski definition) is 1. The van der Waals surface area contributed by atoms with Gasteiger partial charge in [0, 0.05) is 5.69 Å². The van der Waals surface area contributed by atoms with Crippen LogP contribution < -0.4 is 0 Å². The SMILES string of the molecule is Cc1cc(CCl)nn1-c1ccccc1. The maximum Gasteiger partial charge on any atom is 0.0779 e. The molecule has 0 aliphatic carbocycles. The lowest BCUT2D eigenvalue weighted by molar-refractivity contribution is 0.831. The summed E-state index contributed by atoms with van der Waals surface area (Å²) in [5.74, 6) is 0.459. The third-order valence-electron chi connectivity index (χ3n) is 2.08. The summed E-state index contributed by atoms with van der Waals surface area (Å²) in [6.45, 7) is 2.02. The van der Waals surface area contributed by atoms with Crippen molar-refractivity contribution < 1.29 is 0 Å². The van der Waals surface area contributed by atoms with E-state index in [4.69, 9.17) is 11.6 Å². The Bertz CT molecular complexity index is 420. The molecule has 0 N–H and O–H groups in total. The summed E-state index contributed by atoms with van der Waals surface area (Å²) >= 11 is 5.72. The summed E-state index contributed by atoms with van der Waals surface area (Å²) in [6.07, 6.45) is 0. The summed E-state index contributed by atoms with van der Waals surface area (Å²) in [7, 11) is 0. The molecule has 0 saturated heterocycles. The van der Waals surface area contributed by atoms with Gasteiger partial charge < -0.3 is 0 Å². The molecular formula is C11H11ClN2. The minimum absolute atomic E-state index is 0.459. The van der Waals surface area contributed by atoms with Crippen LogP contribution in [-0.4, -0.2) is 9.78 Å². The quantitative estimate of drug-likeness (QED) is 0.691. The summed E-state index contributed by atoms with van der Waals surface area (Å²) in [4.78, 5) is 0. The van der Waals surface area contributed by atoms with Crippen LogP contribution in [0.5, 0.6) is 0 Å². The molecule has 2 rings (SSSR count). The lowest BCUT2D eigenvalue weighted by atomic mass is 10.3. The number of aryl methyl sites for hydroxylation is 1. The topological polar surface area (TPSA) is 17.8 Å². The highest BCUT2D eigenvalue weighted by molar-refractivity contribution is 6.16. The highest BCUT2D eigenvalue weighted by Gasteiger charge is 2.03. The maximum atomic E-state index is 5.72. The number of benzene rings is 1. The van der Waals surface area contributed by atoms with E-state index in [9.17, 15) is 0 Å². The molecule has 0 saturated carbocycles. The number of hydrogen-bond donors (Lipinski definition) is 0. The van der Waals surface area contributed by atoms with Gasteiger partial charge in [0.05, 0.1) is 17.3 Å². The Morgan fingerprint density at radius 1 is 1.29 bits per heavy atom. The van der Waals surface area contributed by atoms with Gasteiger partial charge in [-0.15, -0.1) is 11.6 Å². The van der Waals surface area contributed by atoms with Crippen LogP contribution in [0.15, 0.2) is 36.4 Å². The van der Waals surface area contributed by atoms with E-state index < -0.39 is 0 Å².